The second-order valence-corrected chi connectivity index (χ2v) is 8.02. The minimum atomic E-state index is -3.80. The first-order valence-electron chi connectivity index (χ1n) is 8.98. The number of hydrogen-bond acceptors (Lipinski definition) is 3. The highest BCUT2D eigenvalue weighted by atomic mass is 32.2. The van der Waals surface area contributed by atoms with Crippen LogP contribution in [0.25, 0.3) is 0 Å². The van der Waals surface area contributed by atoms with Crippen LogP contribution in [0.3, 0.4) is 0 Å². The van der Waals surface area contributed by atoms with Crippen molar-refractivity contribution in [1.29, 1.82) is 0 Å². The van der Waals surface area contributed by atoms with Crippen molar-refractivity contribution in [3.63, 3.8) is 0 Å². The van der Waals surface area contributed by atoms with E-state index in [1.54, 1.807) is 41.3 Å². The predicted molar refractivity (Wildman–Crippen MR) is 112 cm³/mol. The highest BCUT2D eigenvalue weighted by molar-refractivity contribution is 7.92. The van der Waals surface area contributed by atoms with E-state index in [9.17, 15) is 13.2 Å². The van der Waals surface area contributed by atoms with Gasteiger partial charge in [-0.15, -0.1) is 0 Å². The predicted octanol–water partition coefficient (Wildman–Crippen LogP) is 4.46. The number of benzene rings is 3. The Balaban J connectivity index is 1.92. The fraction of sp³-hybridized carbons (Fsp3) is 0.136. The number of carbonyl (C=O) groups is 1. The summed E-state index contributed by atoms with van der Waals surface area (Å²) in [6, 6.07) is 22.4. The lowest BCUT2D eigenvalue weighted by Crippen LogP contribution is -2.31. The molecule has 144 valence electrons. The molecule has 28 heavy (non-hydrogen) atoms. The Bertz CT molecular complexity index is 1080. The van der Waals surface area contributed by atoms with Gasteiger partial charge in [-0.25, -0.2) is 8.42 Å². The number of aryl methyl sites for hydroxylation is 1. The van der Waals surface area contributed by atoms with E-state index in [4.69, 9.17) is 0 Å². The van der Waals surface area contributed by atoms with Gasteiger partial charge in [-0.1, -0.05) is 42.5 Å². The van der Waals surface area contributed by atoms with Crippen LogP contribution in [0.4, 0.5) is 11.4 Å². The van der Waals surface area contributed by atoms with Crippen LogP contribution in [0.15, 0.2) is 83.8 Å². The van der Waals surface area contributed by atoms with Gasteiger partial charge < -0.3 is 4.90 Å². The molecule has 0 heterocycles. The van der Waals surface area contributed by atoms with E-state index in [0.717, 1.165) is 11.3 Å². The third kappa shape index (κ3) is 4.23. The number of nitrogens with one attached hydrogen (secondary N) is 1. The highest BCUT2D eigenvalue weighted by Gasteiger charge is 2.21. The molecular formula is C22H22N2O3S. The molecule has 6 heteroatoms. The molecule has 0 atom stereocenters. The molecule has 0 aliphatic heterocycles. The quantitative estimate of drug-likeness (QED) is 0.671. The van der Waals surface area contributed by atoms with Gasteiger partial charge in [0, 0.05) is 23.5 Å². The minimum Gasteiger partial charge on any atom is -0.308 e. The monoisotopic (exact) mass is 394 g/mol. The Hall–Kier alpha value is -3.12. The minimum absolute atomic E-state index is 0.0445. The Kier molecular flexibility index (Phi) is 5.80. The molecule has 0 saturated heterocycles. The van der Waals surface area contributed by atoms with Crippen LogP contribution < -0.4 is 9.62 Å². The zero-order valence-corrected chi connectivity index (χ0v) is 16.6. The molecule has 3 aromatic rings. The summed E-state index contributed by atoms with van der Waals surface area (Å²) in [6.45, 7) is 4.31. The van der Waals surface area contributed by atoms with Crippen molar-refractivity contribution in [1.82, 2.24) is 0 Å². The van der Waals surface area contributed by atoms with Crippen LogP contribution in [0, 0.1) is 6.92 Å². The molecule has 0 saturated carbocycles. The number of anilines is 2. The van der Waals surface area contributed by atoms with Gasteiger partial charge in [0.05, 0.1) is 4.90 Å². The first-order chi connectivity index (χ1) is 13.4. The second-order valence-electron chi connectivity index (χ2n) is 6.34. The Labute approximate surface area is 165 Å². The lowest BCUT2D eigenvalue weighted by molar-refractivity contribution is 0.0988. The summed E-state index contributed by atoms with van der Waals surface area (Å²) in [5.74, 6) is -0.242. The first kappa shape index (κ1) is 19.6. The largest absolute Gasteiger partial charge is 0.308 e. The van der Waals surface area contributed by atoms with Crippen LogP contribution >= 0.6 is 0 Å². The van der Waals surface area contributed by atoms with Crippen molar-refractivity contribution in [2.45, 2.75) is 18.7 Å². The molecule has 0 unspecified atom stereocenters. The van der Waals surface area contributed by atoms with E-state index in [0.29, 0.717) is 17.8 Å². The molecule has 5 nitrogen and oxygen atoms in total. The van der Waals surface area contributed by atoms with Gasteiger partial charge in [-0.3, -0.25) is 9.52 Å². The van der Waals surface area contributed by atoms with Crippen molar-refractivity contribution in [2.75, 3.05) is 16.2 Å². The Morgan fingerprint density at radius 2 is 1.61 bits per heavy atom. The number of carbonyl (C=O) groups excluding carboxylic acids is 1. The van der Waals surface area contributed by atoms with Crippen molar-refractivity contribution in [3.05, 3.63) is 90.0 Å². The zero-order valence-electron chi connectivity index (χ0n) is 15.8. The molecule has 0 radical (unpaired) electrons. The van der Waals surface area contributed by atoms with Crippen LogP contribution in [-0.4, -0.2) is 20.9 Å². The molecule has 0 aliphatic carbocycles. The van der Waals surface area contributed by atoms with Crippen LogP contribution in [0.1, 0.15) is 22.8 Å². The lowest BCUT2D eigenvalue weighted by Gasteiger charge is -2.23. The second kappa shape index (κ2) is 8.27. The molecular weight excluding hydrogens is 372 g/mol. The van der Waals surface area contributed by atoms with E-state index in [-0.39, 0.29) is 10.8 Å². The SMILES string of the molecule is CCN(C(=O)c1cccc(S(=O)(=O)Nc2ccccc2)c1)c1ccccc1C. The van der Waals surface area contributed by atoms with Crippen LogP contribution in [0.2, 0.25) is 0 Å². The van der Waals surface area contributed by atoms with E-state index >= 15 is 0 Å². The average Bonchev–Trinajstić information content (AvgIpc) is 2.70. The van der Waals surface area contributed by atoms with Gasteiger partial charge >= 0.3 is 0 Å². The highest BCUT2D eigenvalue weighted by Crippen LogP contribution is 2.23. The summed E-state index contributed by atoms with van der Waals surface area (Å²) < 4.78 is 27.9. The maximum Gasteiger partial charge on any atom is 0.261 e. The molecule has 0 aromatic heterocycles. The van der Waals surface area contributed by atoms with Gasteiger partial charge in [0.15, 0.2) is 0 Å². The summed E-state index contributed by atoms with van der Waals surface area (Å²) in [5, 5.41) is 0. The standard InChI is InChI=1S/C22H22N2O3S/c1-3-24(21-15-8-7-10-17(21)2)22(25)18-11-9-14-20(16-18)28(26,27)23-19-12-5-4-6-13-19/h4-16,23H,3H2,1-2H3. The summed E-state index contributed by atoms with van der Waals surface area (Å²) in [6.07, 6.45) is 0. The zero-order chi connectivity index (χ0) is 20.1. The molecule has 0 fully saturated rings. The molecule has 3 aromatic carbocycles. The van der Waals surface area contributed by atoms with Crippen molar-refractivity contribution < 1.29 is 13.2 Å². The van der Waals surface area contributed by atoms with Crippen LogP contribution in [-0.2, 0) is 10.0 Å². The van der Waals surface area contributed by atoms with Crippen molar-refractivity contribution in [3.8, 4) is 0 Å². The number of rotatable bonds is 6. The third-order valence-corrected chi connectivity index (χ3v) is 5.76. The maximum absolute atomic E-state index is 13.1. The summed E-state index contributed by atoms with van der Waals surface area (Å²) >= 11 is 0. The molecule has 3 rings (SSSR count). The van der Waals surface area contributed by atoms with E-state index in [1.807, 2.05) is 44.2 Å². The first-order valence-corrected chi connectivity index (χ1v) is 10.5. The molecule has 0 spiro atoms. The van der Waals surface area contributed by atoms with E-state index < -0.39 is 10.0 Å². The number of nitrogens with zero attached hydrogens (tertiary/aromatic N) is 1. The Morgan fingerprint density at radius 3 is 2.29 bits per heavy atom. The normalized spacial score (nSPS) is 11.1. The smallest absolute Gasteiger partial charge is 0.261 e. The summed E-state index contributed by atoms with van der Waals surface area (Å²) in [7, 11) is -3.80. The molecule has 0 aliphatic rings. The van der Waals surface area contributed by atoms with Gasteiger partial charge in [0.25, 0.3) is 15.9 Å². The molecule has 1 amide bonds. The fourth-order valence-electron chi connectivity index (χ4n) is 2.96. The molecule has 0 bridgehead atoms. The Morgan fingerprint density at radius 1 is 0.929 bits per heavy atom. The molecule has 1 N–H and O–H groups in total. The van der Waals surface area contributed by atoms with Gasteiger partial charge in [-0.05, 0) is 55.8 Å². The summed E-state index contributed by atoms with van der Waals surface area (Å²) in [5.41, 5.74) is 2.58. The number of amides is 1. The topological polar surface area (TPSA) is 66.5 Å². The van der Waals surface area contributed by atoms with Gasteiger partial charge in [-0.2, -0.15) is 0 Å². The summed E-state index contributed by atoms with van der Waals surface area (Å²) in [4.78, 5) is 14.8. The van der Waals surface area contributed by atoms with E-state index in [1.165, 1.54) is 12.1 Å². The number of para-hydroxylation sites is 2. The van der Waals surface area contributed by atoms with Crippen molar-refractivity contribution >= 4 is 27.3 Å². The fourth-order valence-corrected chi connectivity index (χ4v) is 4.07. The van der Waals surface area contributed by atoms with Gasteiger partial charge in [0.2, 0.25) is 0 Å². The average molecular weight is 394 g/mol. The number of sulfonamides is 1. The third-order valence-electron chi connectivity index (χ3n) is 4.38. The van der Waals surface area contributed by atoms with Gasteiger partial charge in [0.1, 0.15) is 0 Å². The van der Waals surface area contributed by atoms with Crippen molar-refractivity contribution in [2.24, 2.45) is 0 Å². The lowest BCUT2D eigenvalue weighted by atomic mass is 10.1. The van der Waals surface area contributed by atoms with E-state index in [2.05, 4.69) is 4.72 Å². The number of hydrogen-bond donors (Lipinski definition) is 1. The maximum atomic E-state index is 13.1. The van der Waals surface area contributed by atoms with Crippen LogP contribution in [0.5, 0.6) is 0 Å².